The van der Waals surface area contributed by atoms with E-state index in [1.54, 1.807) is 11.9 Å². The van der Waals surface area contributed by atoms with E-state index in [0.29, 0.717) is 18.7 Å². The highest BCUT2D eigenvalue weighted by molar-refractivity contribution is 5.91. The number of piperazine rings is 1. The first-order valence-electron chi connectivity index (χ1n) is 8.95. The molecule has 1 fully saturated rings. The maximum absolute atomic E-state index is 12.4. The predicted octanol–water partition coefficient (Wildman–Crippen LogP) is 0.442. The maximum Gasteiger partial charge on any atom is 0.330 e. The molecule has 0 saturated carbocycles. The van der Waals surface area contributed by atoms with Crippen LogP contribution in [-0.4, -0.2) is 51.0 Å². The fourth-order valence-electron chi connectivity index (χ4n) is 3.18. The third-order valence-electron chi connectivity index (χ3n) is 4.81. The van der Waals surface area contributed by atoms with Gasteiger partial charge in [0, 0.05) is 59.1 Å². The largest absolute Gasteiger partial charge is 0.337 e. The first-order valence-corrected chi connectivity index (χ1v) is 8.95. The summed E-state index contributed by atoms with van der Waals surface area (Å²) in [7, 11) is 3.00. The minimum absolute atomic E-state index is 0.120. The maximum atomic E-state index is 12.4. The molecule has 0 aliphatic carbocycles. The van der Waals surface area contributed by atoms with Gasteiger partial charge in [-0.25, -0.2) is 4.79 Å². The minimum atomic E-state index is -0.408. The zero-order valence-corrected chi connectivity index (χ0v) is 15.7. The van der Waals surface area contributed by atoms with Crippen LogP contribution in [0.5, 0.6) is 0 Å². The normalized spacial score (nSPS) is 15.4. The van der Waals surface area contributed by atoms with Crippen LogP contribution in [0.3, 0.4) is 0 Å². The van der Waals surface area contributed by atoms with E-state index in [2.05, 4.69) is 17.0 Å². The smallest absolute Gasteiger partial charge is 0.330 e. The van der Waals surface area contributed by atoms with Gasteiger partial charge in [0.25, 0.3) is 5.56 Å². The summed E-state index contributed by atoms with van der Waals surface area (Å²) in [6.07, 6.45) is 4.35. The number of benzene rings is 1. The average Bonchev–Trinajstić information content (AvgIpc) is 2.69. The summed E-state index contributed by atoms with van der Waals surface area (Å²) in [5.74, 6) is -0.120. The minimum Gasteiger partial charge on any atom is -0.337 e. The first kappa shape index (κ1) is 18.8. The molecule has 0 N–H and O–H groups in total. The molecule has 0 bridgehead atoms. The molecule has 0 spiro atoms. The number of aryl methyl sites for hydroxylation is 1. The molecule has 2 aromatic rings. The van der Waals surface area contributed by atoms with Crippen molar-refractivity contribution >= 4 is 12.0 Å². The number of amides is 1. The summed E-state index contributed by atoms with van der Waals surface area (Å²) in [6, 6.07) is 10.3. The molecule has 27 heavy (non-hydrogen) atoms. The van der Waals surface area contributed by atoms with Gasteiger partial charge < -0.3 is 9.47 Å². The summed E-state index contributed by atoms with van der Waals surface area (Å²) in [6.45, 7) is 3.82. The second-order valence-corrected chi connectivity index (χ2v) is 6.76. The fraction of sp³-hybridized carbons (Fsp3) is 0.350. The van der Waals surface area contributed by atoms with Crippen molar-refractivity contribution in [2.45, 2.75) is 6.54 Å². The zero-order chi connectivity index (χ0) is 19.4. The van der Waals surface area contributed by atoms with Crippen LogP contribution in [0, 0.1) is 0 Å². The molecular weight excluding hydrogens is 344 g/mol. The third-order valence-corrected chi connectivity index (χ3v) is 4.81. The first-order chi connectivity index (χ1) is 13.0. The number of nitrogens with zero attached hydrogens (tertiary/aromatic N) is 4. The van der Waals surface area contributed by atoms with Crippen molar-refractivity contribution in [1.82, 2.24) is 18.9 Å². The number of aromatic nitrogens is 2. The molecule has 1 aliphatic heterocycles. The monoisotopic (exact) mass is 368 g/mol. The summed E-state index contributed by atoms with van der Waals surface area (Å²) in [5, 5.41) is 0. The standard InChI is InChI=1S/C20H24N4O3/c1-21-15-17(19(26)22(2)20(21)27)8-9-18(25)24-12-10-23(11-13-24)14-16-6-4-3-5-7-16/h3-9,15H,10-14H2,1-2H3/b9-8+. The number of hydrogen-bond acceptors (Lipinski definition) is 4. The van der Waals surface area contributed by atoms with Crippen molar-refractivity contribution in [2.75, 3.05) is 26.2 Å². The van der Waals surface area contributed by atoms with Gasteiger partial charge in [0.15, 0.2) is 0 Å². The molecule has 2 heterocycles. The summed E-state index contributed by atoms with van der Waals surface area (Å²) in [4.78, 5) is 40.4. The van der Waals surface area contributed by atoms with E-state index in [1.807, 2.05) is 18.2 Å². The number of hydrogen-bond donors (Lipinski definition) is 0. The van der Waals surface area contributed by atoms with Gasteiger partial charge in [-0.05, 0) is 11.6 Å². The molecule has 0 unspecified atom stereocenters. The van der Waals surface area contributed by atoms with Crippen molar-refractivity contribution in [3.05, 3.63) is 74.6 Å². The van der Waals surface area contributed by atoms with Crippen LogP contribution < -0.4 is 11.2 Å². The number of rotatable bonds is 4. The Balaban J connectivity index is 1.59. The van der Waals surface area contributed by atoms with E-state index in [0.717, 1.165) is 24.2 Å². The predicted molar refractivity (Wildman–Crippen MR) is 104 cm³/mol. The lowest BCUT2D eigenvalue weighted by Crippen LogP contribution is -2.47. The SMILES string of the molecule is Cn1cc(/C=C/C(=O)N2CCN(Cc3ccccc3)CC2)c(=O)n(C)c1=O. The Kier molecular flexibility index (Phi) is 5.71. The molecule has 1 aromatic carbocycles. The highest BCUT2D eigenvalue weighted by Gasteiger charge is 2.19. The molecule has 7 nitrogen and oxygen atoms in total. The highest BCUT2D eigenvalue weighted by atomic mass is 16.2. The van der Waals surface area contributed by atoms with Crippen molar-refractivity contribution in [3.8, 4) is 0 Å². The second kappa shape index (κ2) is 8.18. The average molecular weight is 368 g/mol. The lowest BCUT2D eigenvalue weighted by molar-refractivity contribution is -0.127. The van der Waals surface area contributed by atoms with Gasteiger partial charge in [-0.1, -0.05) is 30.3 Å². The van der Waals surface area contributed by atoms with E-state index < -0.39 is 11.2 Å². The Morgan fingerprint density at radius 1 is 1.04 bits per heavy atom. The van der Waals surface area contributed by atoms with Gasteiger partial charge in [-0.15, -0.1) is 0 Å². The van der Waals surface area contributed by atoms with E-state index in [9.17, 15) is 14.4 Å². The number of carbonyl (C=O) groups excluding carboxylic acids is 1. The molecular formula is C20H24N4O3. The Morgan fingerprint density at radius 3 is 2.37 bits per heavy atom. The fourth-order valence-corrected chi connectivity index (χ4v) is 3.18. The molecule has 0 atom stereocenters. The summed E-state index contributed by atoms with van der Waals surface area (Å²) < 4.78 is 2.36. The van der Waals surface area contributed by atoms with Crippen LogP contribution in [0.4, 0.5) is 0 Å². The lowest BCUT2D eigenvalue weighted by atomic mass is 10.2. The van der Waals surface area contributed by atoms with Crippen LogP contribution in [0.25, 0.3) is 6.08 Å². The van der Waals surface area contributed by atoms with Crippen molar-refractivity contribution in [1.29, 1.82) is 0 Å². The van der Waals surface area contributed by atoms with Crippen molar-refractivity contribution in [2.24, 2.45) is 14.1 Å². The Labute approximate surface area is 157 Å². The molecule has 3 rings (SSSR count). The topological polar surface area (TPSA) is 67.6 Å². The summed E-state index contributed by atoms with van der Waals surface area (Å²) in [5.41, 5.74) is 0.784. The lowest BCUT2D eigenvalue weighted by Gasteiger charge is -2.34. The summed E-state index contributed by atoms with van der Waals surface area (Å²) >= 11 is 0. The second-order valence-electron chi connectivity index (χ2n) is 6.76. The van der Waals surface area contributed by atoms with Gasteiger partial charge >= 0.3 is 5.69 Å². The third kappa shape index (κ3) is 4.43. The van der Waals surface area contributed by atoms with E-state index >= 15 is 0 Å². The molecule has 0 radical (unpaired) electrons. The molecule has 142 valence electrons. The Bertz CT molecular complexity index is 951. The van der Waals surface area contributed by atoms with Gasteiger partial charge in [0.1, 0.15) is 0 Å². The van der Waals surface area contributed by atoms with Gasteiger partial charge in [0.2, 0.25) is 5.91 Å². The Morgan fingerprint density at radius 2 is 1.70 bits per heavy atom. The van der Waals surface area contributed by atoms with Crippen molar-refractivity contribution < 1.29 is 4.79 Å². The molecule has 1 aliphatic rings. The van der Waals surface area contributed by atoms with E-state index in [4.69, 9.17) is 0 Å². The van der Waals surface area contributed by atoms with Gasteiger partial charge in [-0.3, -0.25) is 19.1 Å². The van der Waals surface area contributed by atoms with Gasteiger partial charge in [0.05, 0.1) is 5.56 Å². The molecule has 1 amide bonds. The molecule has 1 saturated heterocycles. The van der Waals surface area contributed by atoms with Crippen LogP contribution in [-0.2, 0) is 25.4 Å². The van der Waals surface area contributed by atoms with Crippen molar-refractivity contribution in [3.63, 3.8) is 0 Å². The van der Waals surface area contributed by atoms with Gasteiger partial charge in [-0.2, -0.15) is 0 Å². The highest BCUT2D eigenvalue weighted by Crippen LogP contribution is 2.09. The molecule has 1 aromatic heterocycles. The van der Waals surface area contributed by atoms with Crippen LogP contribution >= 0.6 is 0 Å². The van der Waals surface area contributed by atoms with Crippen LogP contribution in [0.1, 0.15) is 11.1 Å². The number of carbonyl (C=O) groups is 1. The van der Waals surface area contributed by atoms with Crippen LogP contribution in [0.2, 0.25) is 0 Å². The molecule has 7 heteroatoms. The Hall–Kier alpha value is -2.93. The van der Waals surface area contributed by atoms with Crippen LogP contribution in [0.15, 0.2) is 52.2 Å². The quantitative estimate of drug-likeness (QED) is 0.735. The zero-order valence-electron chi connectivity index (χ0n) is 15.7. The van der Waals surface area contributed by atoms with E-state index in [1.165, 1.54) is 35.5 Å². The van der Waals surface area contributed by atoms with E-state index in [-0.39, 0.29) is 5.91 Å².